The lowest BCUT2D eigenvalue weighted by Crippen LogP contribution is -2.38. The summed E-state index contributed by atoms with van der Waals surface area (Å²) in [5.74, 6) is 0.793. The number of oxazole rings is 1. The number of hydrogen-bond donors (Lipinski definition) is 0. The fraction of sp³-hybridized carbons (Fsp3) is 0.294. The molecule has 2 aromatic heterocycles. The molecule has 0 saturated heterocycles. The Labute approximate surface area is 272 Å². The predicted molar refractivity (Wildman–Crippen MR) is 181 cm³/mol. The summed E-state index contributed by atoms with van der Waals surface area (Å²) in [4.78, 5) is 17.1. The van der Waals surface area contributed by atoms with Crippen LogP contribution < -0.4 is 24.2 Å². The van der Waals surface area contributed by atoms with E-state index >= 15 is 0 Å². The third-order valence-corrected chi connectivity index (χ3v) is 11.5. The van der Waals surface area contributed by atoms with Crippen LogP contribution in [0.15, 0.2) is 91.8 Å². The van der Waals surface area contributed by atoms with Crippen molar-refractivity contribution in [3.8, 4) is 0 Å². The number of fused-ring (bicyclic) bond motifs is 2. The molecule has 0 unspecified atom stereocenters. The fourth-order valence-electron chi connectivity index (χ4n) is 5.92. The minimum Gasteiger partial charge on any atom is -0.744 e. The summed E-state index contributed by atoms with van der Waals surface area (Å²) >= 11 is 3.29. The Hall–Kier alpha value is -3.64. The Balaban J connectivity index is 0.000000297. The van der Waals surface area contributed by atoms with Gasteiger partial charge in [-0.15, -0.1) is 11.3 Å². The molecule has 2 aliphatic rings. The van der Waals surface area contributed by atoms with Gasteiger partial charge >= 0.3 is 5.89 Å². The quantitative estimate of drug-likeness (QED) is 0.178. The van der Waals surface area contributed by atoms with E-state index in [4.69, 9.17) is 4.42 Å². The molecule has 11 heteroatoms. The Morgan fingerprint density at radius 1 is 1.02 bits per heavy atom. The van der Waals surface area contributed by atoms with Crippen molar-refractivity contribution in [2.45, 2.75) is 68.3 Å². The van der Waals surface area contributed by atoms with Gasteiger partial charge in [0.05, 0.1) is 16.7 Å². The highest BCUT2D eigenvalue weighted by Crippen LogP contribution is 2.45. The molecule has 236 valence electrons. The molecule has 0 spiro atoms. The molecule has 0 bridgehead atoms. The van der Waals surface area contributed by atoms with E-state index in [0.29, 0.717) is 0 Å². The van der Waals surface area contributed by atoms with E-state index in [1.165, 1.54) is 36.3 Å². The van der Waals surface area contributed by atoms with Crippen LogP contribution in [0.2, 0.25) is 0 Å². The van der Waals surface area contributed by atoms with Crippen LogP contribution in [0.1, 0.15) is 58.0 Å². The van der Waals surface area contributed by atoms with Crippen LogP contribution in [0.5, 0.6) is 0 Å². The molecule has 1 aliphatic carbocycles. The maximum atomic E-state index is 13.9. The van der Waals surface area contributed by atoms with Crippen molar-refractivity contribution in [2.24, 2.45) is 0 Å². The minimum atomic E-state index is -4.27. The Morgan fingerprint density at radius 3 is 2.40 bits per heavy atom. The molecular formula is C34H37N3O5S3. The first-order valence-electron chi connectivity index (χ1n) is 15.1. The molecule has 3 aromatic carbocycles. The fourth-order valence-corrected chi connectivity index (χ4v) is 8.83. The molecule has 5 aromatic rings. The van der Waals surface area contributed by atoms with Gasteiger partial charge < -0.3 is 13.9 Å². The van der Waals surface area contributed by atoms with Gasteiger partial charge in [0, 0.05) is 25.5 Å². The van der Waals surface area contributed by atoms with Crippen LogP contribution in [0.4, 0.5) is 5.69 Å². The minimum absolute atomic E-state index is 0. The predicted octanol–water partition coefficient (Wildman–Crippen LogP) is 5.75. The van der Waals surface area contributed by atoms with Gasteiger partial charge in [-0.2, -0.15) is 4.57 Å². The molecule has 0 amide bonds. The molecule has 0 N–H and O–H groups in total. The van der Waals surface area contributed by atoms with Crippen LogP contribution in [0, 0.1) is 6.92 Å². The maximum absolute atomic E-state index is 13.9. The van der Waals surface area contributed by atoms with Gasteiger partial charge in [0.15, 0.2) is 0 Å². The van der Waals surface area contributed by atoms with Crippen LogP contribution in [-0.2, 0) is 16.7 Å². The molecule has 7 rings (SSSR count). The number of benzene rings is 3. The lowest BCUT2D eigenvalue weighted by Gasteiger charge is -2.22. The highest BCUT2D eigenvalue weighted by molar-refractivity contribution is 8.08. The van der Waals surface area contributed by atoms with Gasteiger partial charge in [-0.05, 0) is 57.0 Å². The van der Waals surface area contributed by atoms with Gasteiger partial charge in [0.1, 0.15) is 30.9 Å². The molecular weight excluding hydrogens is 627 g/mol. The molecule has 1 aliphatic heterocycles. The molecule has 1 fully saturated rings. The van der Waals surface area contributed by atoms with Crippen LogP contribution in [0.3, 0.4) is 0 Å². The molecule has 3 heterocycles. The molecule has 0 radical (unpaired) electrons. The number of anilines is 1. The smallest absolute Gasteiger partial charge is 0.377 e. The van der Waals surface area contributed by atoms with Crippen molar-refractivity contribution in [1.29, 1.82) is 0 Å². The Morgan fingerprint density at radius 2 is 1.71 bits per heavy atom. The zero-order chi connectivity index (χ0) is 31.7. The van der Waals surface area contributed by atoms with E-state index in [1.807, 2.05) is 25.1 Å². The summed E-state index contributed by atoms with van der Waals surface area (Å²) in [6.45, 7) is 4.76. The van der Waals surface area contributed by atoms with Gasteiger partial charge in [-0.1, -0.05) is 73.0 Å². The summed E-state index contributed by atoms with van der Waals surface area (Å²) < 4.78 is 43.5. The monoisotopic (exact) mass is 663 g/mol. The highest BCUT2D eigenvalue weighted by Gasteiger charge is 2.27. The van der Waals surface area contributed by atoms with Crippen molar-refractivity contribution in [2.75, 3.05) is 11.9 Å². The van der Waals surface area contributed by atoms with Gasteiger partial charge in [0.25, 0.3) is 11.1 Å². The van der Waals surface area contributed by atoms with Crippen molar-refractivity contribution < 1.29 is 23.4 Å². The molecule has 8 nitrogen and oxygen atoms in total. The Kier molecular flexibility index (Phi) is 9.05. The number of nitrogens with zero attached hydrogens (tertiary/aromatic N) is 3. The number of thiazole rings is 1. The van der Waals surface area contributed by atoms with E-state index in [1.54, 1.807) is 35.2 Å². The van der Waals surface area contributed by atoms with Crippen LogP contribution >= 0.6 is 23.1 Å². The van der Waals surface area contributed by atoms with Gasteiger partial charge in [-0.3, -0.25) is 9.36 Å². The second-order valence-corrected chi connectivity index (χ2v) is 14.7. The summed E-state index contributed by atoms with van der Waals surface area (Å²) in [5.41, 5.74) is 4.17. The standard InChI is InChI=1S/C27H28N3O2S2.C7H8O3S.H2/c1-3-29-19-13-7-9-15-21(19)32-23(29)17-24-30(18-11-5-4-6-12-18)26(31)25(34-24)27-28(2)20-14-8-10-16-22(20)33-27;1-6-2-4-7(5-3-6)11(8,9)10;/h7-10,13-18H,3-6,11-12H2,1-2H3;2-5H,1H3,(H,8,9,10);1H/q+1;;/p-1/b27-25-;;. The van der Waals surface area contributed by atoms with E-state index in [9.17, 15) is 17.8 Å². The van der Waals surface area contributed by atoms with E-state index in [0.717, 1.165) is 61.9 Å². The van der Waals surface area contributed by atoms with E-state index in [-0.39, 0.29) is 17.9 Å². The van der Waals surface area contributed by atoms with Crippen molar-refractivity contribution in [3.05, 3.63) is 104 Å². The Bertz CT molecular complexity index is 2150. The average molecular weight is 664 g/mol. The van der Waals surface area contributed by atoms with Gasteiger partial charge in [-0.25, -0.2) is 8.42 Å². The second kappa shape index (κ2) is 13.0. The van der Waals surface area contributed by atoms with E-state index in [2.05, 4.69) is 64.4 Å². The number of aryl methyl sites for hydroxylation is 2. The topological polar surface area (TPSA) is 99.5 Å². The number of para-hydroxylation sites is 3. The SMILES string of the molecule is CC[n+]1c(C=c2s/c(=C3\Sc4ccccc4N3C)c(=O)n2C2CCCCC2)oc2ccccc21.Cc1ccc(S(=O)(=O)[O-])cc1.[HH]. The maximum Gasteiger partial charge on any atom is 0.377 e. The number of aromatic nitrogens is 2. The first-order valence-corrected chi connectivity index (χ1v) is 18.1. The third-order valence-electron chi connectivity index (χ3n) is 8.24. The number of thioether (sulfide) groups is 1. The number of hydrogen-bond acceptors (Lipinski definition) is 8. The van der Waals surface area contributed by atoms with Crippen LogP contribution in [-0.4, -0.2) is 24.6 Å². The van der Waals surface area contributed by atoms with Crippen molar-refractivity contribution in [1.82, 2.24) is 4.57 Å². The first kappa shape index (κ1) is 31.3. The zero-order valence-corrected chi connectivity index (χ0v) is 27.9. The van der Waals surface area contributed by atoms with Crippen molar-refractivity contribution >= 4 is 61.1 Å². The van der Waals surface area contributed by atoms with Gasteiger partial charge in [0.2, 0.25) is 5.58 Å². The summed E-state index contributed by atoms with van der Waals surface area (Å²) in [5, 5.41) is 1.02. The van der Waals surface area contributed by atoms with Crippen LogP contribution in [0.25, 0.3) is 22.2 Å². The highest BCUT2D eigenvalue weighted by atomic mass is 32.2. The molecule has 45 heavy (non-hydrogen) atoms. The molecule has 0 atom stereocenters. The van der Waals surface area contributed by atoms with Crippen molar-refractivity contribution in [3.63, 3.8) is 0 Å². The lowest BCUT2D eigenvalue weighted by atomic mass is 9.95. The first-order chi connectivity index (χ1) is 21.7. The van der Waals surface area contributed by atoms with E-state index < -0.39 is 10.1 Å². The summed E-state index contributed by atoms with van der Waals surface area (Å²) in [6, 6.07) is 22.5. The summed E-state index contributed by atoms with van der Waals surface area (Å²) in [6.07, 6.45) is 7.82. The number of rotatable bonds is 4. The normalized spacial score (nSPS) is 17.0. The molecule has 1 saturated carbocycles. The largest absolute Gasteiger partial charge is 0.744 e. The summed E-state index contributed by atoms with van der Waals surface area (Å²) in [7, 11) is -2.21. The third kappa shape index (κ3) is 6.40. The lowest BCUT2D eigenvalue weighted by molar-refractivity contribution is -0.674. The average Bonchev–Trinajstić information content (AvgIpc) is 3.67. The second-order valence-electron chi connectivity index (χ2n) is 11.2. The zero-order valence-electron chi connectivity index (χ0n) is 25.4.